The fourth-order valence-electron chi connectivity index (χ4n) is 8.70. The van der Waals surface area contributed by atoms with Crippen molar-refractivity contribution in [2.24, 2.45) is 0 Å². The third-order valence-corrected chi connectivity index (χ3v) is 11.1. The molecular formula is C50H30N4O. The third-order valence-electron chi connectivity index (χ3n) is 11.1. The number of furan rings is 1. The standard InChI is InChI=1S/C50H30N4O/c1-3-14-31(15-4-1)33-18-13-19-34(28-33)53-42-24-11-8-22-38(42)47-43(53)27-26-36-39-29-40-35-20-9-12-25-45(35)55-46(40)30-44(39)54(49(36)47)50-51-41-23-10-7-21-37(41)48(52-50)32-16-5-2-6-17-32/h1-30H. The monoisotopic (exact) mass is 702 g/mol. The molecule has 4 aromatic heterocycles. The minimum Gasteiger partial charge on any atom is -0.456 e. The lowest BCUT2D eigenvalue weighted by Gasteiger charge is -2.12. The van der Waals surface area contributed by atoms with Crippen LogP contribution in [0.4, 0.5) is 0 Å². The predicted octanol–water partition coefficient (Wildman–Crippen LogP) is 13.1. The maximum absolute atomic E-state index is 6.52. The van der Waals surface area contributed by atoms with Crippen molar-refractivity contribution < 1.29 is 4.42 Å². The Kier molecular flexibility index (Phi) is 6.27. The van der Waals surface area contributed by atoms with Crippen LogP contribution in [0.5, 0.6) is 0 Å². The lowest BCUT2D eigenvalue weighted by atomic mass is 10.0. The molecular weight excluding hydrogens is 673 g/mol. The van der Waals surface area contributed by atoms with E-state index in [-0.39, 0.29) is 0 Å². The van der Waals surface area contributed by atoms with Crippen molar-refractivity contribution in [3.63, 3.8) is 0 Å². The third kappa shape index (κ3) is 4.41. The van der Waals surface area contributed by atoms with Gasteiger partial charge in [0.25, 0.3) is 0 Å². The first-order chi connectivity index (χ1) is 27.3. The molecule has 8 aromatic carbocycles. The second-order valence-corrected chi connectivity index (χ2v) is 14.2. The first-order valence-electron chi connectivity index (χ1n) is 18.6. The van der Waals surface area contributed by atoms with Gasteiger partial charge in [0, 0.05) is 55.0 Å². The first kappa shape index (κ1) is 30.0. The Labute approximate surface area is 315 Å². The Morgan fingerprint density at radius 2 is 1.09 bits per heavy atom. The zero-order chi connectivity index (χ0) is 36.0. The molecule has 5 heteroatoms. The number of nitrogens with zero attached hydrogens (tertiary/aromatic N) is 4. The summed E-state index contributed by atoms with van der Waals surface area (Å²) in [7, 11) is 0. The molecule has 55 heavy (non-hydrogen) atoms. The maximum Gasteiger partial charge on any atom is 0.235 e. The summed E-state index contributed by atoms with van der Waals surface area (Å²) in [4.78, 5) is 10.8. The molecule has 0 aliphatic carbocycles. The maximum atomic E-state index is 6.52. The fraction of sp³-hybridized carbons (Fsp3) is 0. The van der Waals surface area contributed by atoms with Crippen molar-refractivity contribution in [1.29, 1.82) is 0 Å². The highest BCUT2D eigenvalue weighted by molar-refractivity contribution is 6.27. The highest BCUT2D eigenvalue weighted by Crippen LogP contribution is 2.44. The predicted molar refractivity (Wildman–Crippen MR) is 226 cm³/mol. The molecule has 0 aliphatic heterocycles. The van der Waals surface area contributed by atoms with Gasteiger partial charge >= 0.3 is 0 Å². The number of hydrogen-bond acceptors (Lipinski definition) is 3. The van der Waals surface area contributed by atoms with E-state index in [9.17, 15) is 0 Å². The number of rotatable bonds is 4. The summed E-state index contributed by atoms with van der Waals surface area (Å²) in [5.74, 6) is 0.614. The van der Waals surface area contributed by atoms with Crippen molar-refractivity contribution in [1.82, 2.24) is 19.1 Å². The van der Waals surface area contributed by atoms with Gasteiger partial charge in [0.1, 0.15) is 11.2 Å². The van der Waals surface area contributed by atoms with Crippen molar-refractivity contribution in [3.8, 4) is 34.0 Å². The van der Waals surface area contributed by atoms with Gasteiger partial charge in [-0.3, -0.25) is 4.57 Å². The van der Waals surface area contributed by atoms with Gasteiger partial charge in [-0.25, -0.2) is 9.97 Å². The van der Waals surface area contributed by atoms with Gasteiger partial charge in [0.05, 0.1) is 33.3 Å². The zero-order valence-electron chi connectivity index (χ0n) is 29.5. The van der Waals surface area contributed by atoms with Crippen molar-refractivity contribution in [2.45, 2.75) is 0 Å². The van der Waals surface area contributed by atoms with E-state index in [1.54, 1.807) is 0 Å². The summed E-state index contributed by atoms with van der Waals surface area (Å²) in [6, 6.07) is 64.2. The molecule has 0 saturated heterocycles. The van der Waals surface area contributed by atoms with Crippen LogP contribution in [0.2, 0.25) is 0 Å². The number of benzene rings is 8. The highest BCUT2D eigenvalue weighted by atomic mass is 16.3. The van der Waals surface area contributed by atoms with Gasteiger partial charge in [-0.05, 0) is 53.6 Å². The number of para-hydroxylation sites is 3. The Bertz CT molecular complexity index is 3480. The second-order valence-electron chi connectivity index (χ2n) is 14.2. The van der Waals surface area contributed by atoms with E-state index in [0.717, 1.165) is 93.4 Å². The van der Waals surface area contributed by atoms with Crippen LogP contribution < -0.4 is 0 Å². The summed E-state index contributed by atoms with van der Waals surface area (Å²) in [6.07, 6.45) is 0. The van der Waals surface area contributed by atoms with Gasteiger partial charge in [-0.2, -0.15) is 0 Å². The summed E-state index contributed by atoms with van der Waals surface area (Å²) in [6.45, 7) is 0. The molecule has 0 fully saturated rings. The molecule has 0 N–H and O–H groups in total. The minimum atomic E-state index is 0.614. The Balaban J connectivity index is 1.25. The van der Waals surface area contributed by atoms with Gasteiger partial charge in [0.15, 0.2) is 0 Å². The summed E-state index contributed by atoms with van der Waals surface area (Å²) < 4.78 is 11.2. The van der Waals surface area contributed by atoms with Crippen LogP contribution in [0.1, 0.15) is 0 Å². The lowest BCUT2D eigenvalue weighted by Crippen LogP contribution is -2.03. The second kappa shape index (κ2) is 11.5. The molecule has 0 spiro atoms. The smallest absolute Gasteiger partial charge is 0.235 e. The van der Waals surface area contributed by atoms with Crippen LogP contribution in [-0.4, -0.2) is 19.1 Å². The molecule has 0 saturated carbocycles. The quantitative estimate of drug-likeness (QED) is 0.183. The normalized spacial score (nSPS) is 12.0. The summed E-state index contributed by atoms with van der Waals surface area (Å²) >= 11 is 0. The molecule has 0 aliphatic rings. The van der Waals surface area contributed by atoms with E-state index in [0.29, 0.717) is 5.95 Å². The SMILES string of the molecule is c1ccc(-c2cccc(-n3c4ccccc4c4c3ccc3c5cc6c(cc5n(-c5nc(-c7ccccc7)c7ccccc7n5)c34)oc3ccccc36)c2)cc1. The molecule has 0 radical (unpaired) electrons. The largest absolute Gasteiger partial charge is 0.456 e. The Hall–Kier alpha value is -7.50. The lowest BCUT2D eigenvalue weighted by molar-refractivity contribution is 0.669. The van der Waals surface area contributed by atoms with Crippen LogP contribution in [0.25, 0.3) is 110 Å². The average molecular weight is 703 g/mol. The van der Waals surface area contributed by atoms with E-state index in [4.69, 9.17) is 14.4 Å². The molecule has 0 atom stereocenters. The molecule has 12 aromatic rings. The van der Waals surface area contributed by atoms with E-state index in [1.807, 2.05) is 24.3 Å². The van der Waals surface area contributed by atoms with E-state index in [1.165, 1.54) is 11.1 Å². The molecule has 0 bridgehead atoms. The Morgan fingerprint density at radius 3 is 1.95 bits per heavy atom. The van der Waals surface area contributed by atoms with Crippen LogP contribution in [0.3, 0.4) is 0 Å². The van der Waals surface area contributed by atoms with Gasteiger partial charge in [-0.15, -0.1) is 0 Å². The van der Waals surface area contributed by atoms with Crippen molar-refractivity contribution in [2.75, 3.05) is 0 Å². The molecule has 12 rings (SSSR count). The number of fused-ring (bicyclic) bond motifs is 11. The zero-order valence-corrected chi connectivity index (χ0v) is 29.5. The summed E-state index contributed by atoms with van der Waals surface area (Å²) in [5, 5.41) is 7.77. The topological polar surface area (TPSA) is 48.8 Å². The van der Waals surface area contributed by atoms with Gasteiger partial charge < -0.3 is 8.98 Å². The molecule has 5 nitrogen and oxygen atoms in total. The van der Waals surface area contributed by atoms with Gasteiger partial charge in [-0.1, -0.05) is 133 Å². The molecule has 0 unspecified atom stereocenters. The van der Waals surface area contributed by atoms with E-state index < -0.39 is 0 Å². The first-order valence-corrected chi connectivity index (χ1v) is 18.6. The van der Waals surface area contributed by atoms with Gasteiger partial charge in [0.2, 0.25) is 5.95 Å². The van der Waals surface area contributed by atoms with E-state index in [2.05, 4.69) is 167 Å². The van der Waals surface area contributed by atoms with Crippen LogP contribution >= 0.6 is 0 Å². The number of hydrogen-bond donors (Lipinski definition) is 0. The molecule has 256 valence electrons. The van der Waals surface area contributed by atoms with Crippen LogP contribution in [0.15, 0.2) is 186 Å². The van der Waals surface area contributed by atoms with Crippen molar-refractivity contribution in [3.05, 3.63) is 182 Å². The number of aromatic nitrogens is 4. The summed E-state index contributed by atoms with van der Waals surface area (Å²) in [5.41, 5.74) is 12.3. The average Bonchev–Trinajstić information content (AvgIpc) is 3.90. The van der Waals surface area contributed by atoms with Crippen LogP contribution in [-0.2, 0) is 0 Å². The molecule has 4 heterocycles. The molecule has 0 amide bonds. The fourth-order valence-corrected chi connectivity index (χ4v) is 8.70. The minimum absolute atomic E-state index is 0.614. The Morgan fingerprint density at radius 1 is 0.382 bits per heavy atom. The highest BCUT2D eigenvalue weighted by Gasteiger charge is 2.24. The van der Waals surface area contributed by atoms with Crippen LogP contribution in [0, 0.1) is 0 Å². The van der Waals surface area contributed by atoms with Crippen molar-refractivity contribution >= 4 is 76.5 Å². The van der Waals surface area contributed by atoms with E-state index >= 15 is 0 Å².